The molecule has 2 rings (SSSR count). The standard InChI is InChI=1S/C10H17N3/c1-2-4-10(3-1)12-6-8-13-7-5-11-9-13/h5,7,9-10,12H,1-4,6,8H2. The summed E-state index contributed by atoms with van der Waals surface area (Å²) in [5.74, 6) is 0. The van der Waals surface area contributed by atoms with Gasteiger partial charge in [-0.2, -0.15) is 0 Å². The molecule has 0 aliphatic heterocycles. The Morgan fingerprint density at radius 1 is 1.38 bits per heavy atom. The quantitative estimate of drug-likeness (QED) is 0.757. The van der Waals surface area contributed by atoms with Gasteiger partial charge in [0.15, 0.2) is 0 Å². The van der Waals surface area contributed by atoms with E-state index in [0.717, 1.165) is 19.1 Å². The zero-order valence-corrected chi connectivity index (χ0v) is 7.95. The van der Waals surface area contributed by atoms with Crippen LogP contribution in [0.2, 0.25) is 0 Å². The summed E-state index contributed by atoms with van der Waals surface area (Å²) in [5.41, 5.74) is 0. The molecule has 1 heterocycles. The molecule has 1 aromatic rings. The molecule has 0 unspecified atom stereocenters. The number of hydrogen-bond acceptors (Lipinski definition) is 2. The molecule has 1 fully saturated rings. The first-order chi connectivity index (χ1) is 6.45. The monoisotopic (exact) mass is 179 g/mol. The summed E-state index contributed by atoms with van der Waals surface area (Å²) in [4.78, 5) is 4.01. The maximum atomic E-state index is 4.01. The van der Waals surface area contributed by atoms with E-state index in [2.05, 4.69) is 14.9 Å². The minimum atomic E-state index is 0.781. The van der Waals surface area contributed by atoms with Crippen molar-refractivity contribution in [2.24, 2.45) is 0 Å². The van der Waals surface area contributed by atoms with Crippen molar-refractivity contribution in [3.63, 3.8) is 0 Å². The molecule has 0 atom stereocenters. The highest BCUT2D eigenvalue weighted by atomic mass is 15.0. The van der Waals surface area contributed by atoms with Crippen LogP contribution in [0.4, 0.5) is 0 Å². The van der Waals surface area contributed by atoms with Gasteiger partial charge in [0.1, 0.15) is 0 Å². The van der Waals surface area contributed by atoms with Gasteiger partial charge in [-0.3, -0.25) is 0 Å². The van der Waals surface area contributed by atoms with Gasteiger partial charge in [0.25, 0.3) is 0 Å². The predicted octanol–water partition coefficient (Wildman–Crippen LogP) is 1.42. The van der Waals surface area contributed by atoms with Crippen LogP contribution in [0.15, 0.2) is 18.7 Å². The second kappa shape index (κ2) is 4.42. The minimum absolute atomic E-state index is 0.781. The van der Waals surface area contributed by atoms with Crippen molar-refractivity contribution in [1.29, 1.82) is 0 Å². The van der Waals surface area contributed by atoms with E-state index in [1.807, 2.05) is 18.7 Å². The van der Waals surface area contributed by atoms with E-state index < -0.39 is 0 Å². The zero-order valence-electron chi connectivity index (χ0n) is 7.95. The Morgan fingerprint density at radius 2 is 2.23 bits per heavy atom. The van der Waals surface area contributed by atoms with Gasteiger partial charge in [-0.1, -0.05) is 12.8 Å². The minimum Gasteiger partial charge on any atom is -0.336 e. The van der Waals surface area contributed by atoms with Gasteiger partial charge >= 0.3 is 0 Å². The average Bonchev–Trinajstić information content (AvgIpc) is 2.75. The van der Waals surface area contributed by atoms with Crippen molar-refractivity contribution in [3.8, 4) is 0 Å². The lowest BCUT2D eigenvalue weighted by atomic mass is 10.2. The second-order valence-electron chi connectivity index (χ2n) is 3.74. The van der Waals surface area contributed by atoms with E-state index in [-0.39, 0.29) is 0 Å². The van der Waals surface area contributed by atoms with Gasteiger partial charge in [-0.25, -0.2) is 4.98 Å². The van der Waals surface area contributed by atoms with Crippen LogP contribution in [0.3, 0.4) is 0 Å². The Hall–Kier alpha value is -0.830. The molecule has 1 N–H and O–H groups in total. The van der Waals surface area contributed by atoms with E-state index in [9.17, 15) is 0 Å². The number of hydrogen-bond donors (Lipinski definition) is 1. The summed E-state index contributed by atoms with van der Waals surface area (Å²) < 4.78 is 2.11. The smallest absolute Gasteiger partial charge is 0.0946 e. The van der Waals surface area contributed by atoms with Crippen LogP contribution in [0, 0.1) is 0 Å². The molecule has 72 valence electrons. The highest BCUT2D eigenvalue weighted by Gasteiger charge is 2.12. The fourth-order valence-electron chi connectivity index (χ4n) is 1.95. The molecule has 13 heavy (non-hydrogen) atoms. The number of nitrogens with zero attached hydrogens (tertiary/aromatic N) is 2. The lowest BCUT2D eigenvalue weighted by Crippen LogP contribution is -2.29. The first-order valence-corrected chi connectivity index (χ1v) is 5.14. The van der Waals surface area contributed by atoms with Crippen molar-refractivity contribution < 1.29 is 0 Å². The average molecular weight is 179 g/mol. The molecule has 3 nitrogen and oxygen atoms in total. The van der Waals surface area contributed by atoms with Crippen LogP contribution in [0.25, 0.3) is 0 Å². The molecular weight excluding hydrogens is 162 g/mol. The number of imidazole rings is 1. The van der Waals surface area contributed by atoms with E-state index in [1.165, 1.54) is 25.7 Å². The summed E-state index contributed by atoms with van der Waals surface area (Å²) >= 11 is 0. The molecule has 3 heteroatoms. The maximum Gasteiger partial charge on any atom is 0.0946 e. The molecule has 0 aromatic carbocycles. The number of aromatic nitrogens is 2. The summed E-state index contributed by atoms with van der Waals surface area (Å²) in [5, 5.41) is 3.57. The maximum absolute atomic E-state index is 4.01. The number of nitrogens with one attached hydrogen (secondary N) is 1. The molecular formula is C10H17N3. The van der Waals surface area contributed by atoms with Gasteiger partial charge in [-0.05, 0) is 12.8 Å². The van der Waals surface area contributed by atoms with E-state index >= 15 is 0 Å². The molecule has 1 aliphatic rings. The Balaban J connectivity index is 1.63. The fraction of sp³-hybridized carbons (Fsp3) is 0.700. The van der Waals surface area contributed by atoms with Gasteiger partial charge in [0, 0.05) is 31.5 Å². The van der Waals surface area contributed by atoms with E-state index in [0.29, 0.717) is 0 Å². The summed E-state index contributed by atoms with van der Waals surface area (Å²) in [6, 6.07) is 0.781. The third-order valence-corrected chi connectivity index (χ3v) is 2.72. The highest BCUT2D eigenvalue weighted by Crippen LogP contribution is 2.17. The predicted molar refractivity (Wildman–Crippen MR) is 52.5 cm³/mol. The topological polar surface area (TPSA) is 29.9 Å². The van der Waals surface area contributed by atoms with Crippen LogP contribution in [0.1, 0.15) is 25.7 Å². The molecule has 0 spiro atoms. The van der Waals surface area contributed by atoms with Gasteiger partial charge in [0.05, 0.1) is 6.33 Å². The normalized spacial score (nSPS) is 18.2. The number of rotatable bonds is 4. The van der Waals surface area contributed by atoms with Crippen LogP contribution in [-0.2, 0) is 6.54 Å². The Morgan fingerprint density at radius 3 is 2.92 bits per heavy atom. The summed E-state index contributed by atoms with van der Waals surface area (Å²) in [6.07, 6.45) is 11.3. The van der Waals surface area contributed by atoms with Gasteiger partial charge in [0.2, 0.25) is 0 Å². The SMILES string of the molecule is c1cn(CCNC2CCCC2)cn1. The largest absolute Gasteiger partial charge is 0.336 e. The first kappa shape index (κ1) is 8.75. The van der Waals surface area contributed by atoms with E-state index in [4.69, 9.17) is 0 Å². The Kier molecular flexibility index (Phi) is 2.98. The third-order valence-electron chi connectivity index (χ3n) is 2.72. The molecule has 0 radical (unpaired) electrons. The van der Waals surface area contributed by atoms with Crippen LogP contribution in [-0.4, -0.2) is 22.1 Å². The van der Waals surface area contributed by atoms with Crippen LogP contribution >= 0.6 is 0 Å². The molecule has 1 saturated carbocycles. The van der Waals surface area contributed by atoms with Crippen LogP contribution < -0.4 is 5.32 Å². The Labute approximate surface area is 79.2 Å². The second-order valence-corrected chi connectivity index (χ2v) is 3.74. The fourth-order valence-corrected chi connectivity index (χ4v) is 1.95. The molecule has 1 aliphatic carbocycles. The van der Waals surface area contributed by atoms with E-state index in [1.54, 1.807) is 0 Å². The van der Waals surface area contributed by atoms with Gasteiger partial charge in [-0.15, -0.1) is 0 Å². The zero-order chi connectivity index (χ0) is 8.93. The molecule has 0 amide bonds. The summed E-state index contributed by atoms with van der Waals surface area (Å²) in [7, 11) is 0. The molecule has 0 saturated heterocycles. The van der Waals surface area contributed by atoms with Crippen molar-refractivity contribution in [2.45, 2.75) is 38.3 Å². The highest BCUT2D eigenvalue weighted by molar-refractivity contribution is 4.76. The lowest BCUT2D eigenvalue weighted by molar-refractivity contribution is 0.496. The summed E-state index contributed by atoms with van der Waals surface area (Å²) in [6.45, 7) is 2.11. The van der Waals surface area contributed by atoms with Gasteiger partial charge < -0.3 is 9.88 Å². The van der Waals surface area contributed by atoms with Crippen molar-refractivity contribution in [1.82, 2.24) is 14.9 Å². The molecule has 1 aromatic heterocycles. The van der Waals surface area contributed by atoms with Crippen LogP contribution in [0.5, 0.6) is 0 Å². The van der Waals surface area contributed by atoms with Crippen molar-refractivity contribution >= 4 is 0 Å². The first-order valence-electron chi connectivity index (χ1n) is 5.14. The molecule has 0 bridgehead atoms. The van der Waals surface area contributed by atoms with Crippen molar-refractivity contribution in [3.05, 3.63) is 18.7 Å². The third kappa shape index (κ3) is 2.56. The Bertz CT molecular complexity index is 224. The van der Waals surface area contributed by atoms with Crippen molar-refractivity contribution in [2.75, 3.05) is 6.54 Å². The lowest BCUT2D eigenvalue weighted by Gasteiger charge is -2.11.